The Morgan fingerprint density at radius 1 is 0.853 bits per heavy atom. The van der Waals surface area contributed by atoms with E-state index in [4.69, 9.17) is 32.9 Å². The number of carbonyl (C=O) groups excluding carboxylic acids is 2. The summed E-state index contributed by atoms with van der Waals surface area (Å²) in [5.41, 5.74) is 3.21. The Kier molecular flexibility index (Phi) is 7.15. The van der Waals surface area contributed by atoms with Crippen molar-refractivity contribution in [3.05, 3.63) is 82.8 Å². The highest BCUT2D eigenvalue weighted by atomic mass is 35.5. The lowest BCUT2D eigenvalue weighted by Crippen LogP contribution is -2.19. The molecule has 172 valence electrons. The fraction of sp³-hybridized carbons (Fsp3) is 0.0800. The van der Waals surface area contributed by atoms with Crippen LogP contribution < -0.4 is 15.4 Å². The van der Waals surface area contributed by atoms with E-state index in [0.29, 0.717) is 43.8 Å². The molecule has 0 fully saturated rings. The predicted molar refractivity (Wildman–Crippen MR) is 134 cm³/mol. The number of anilines is 2. The minimum absolute atomic E-state index is 0.273. The van der Waals surface area contributed by atoms with E-state index in [0.717, 1.165) is 5.56 Å². The van der Waals surface area contributed by atoms with Gasteiger partial charge in [0.25, 0.3) is 0 Å². The number of urea groups is 1. The molecule has 0 unspecified atom stereocenters. The Labute approximate surface area is 205 Å². The first kappa shape index (κ1) is 23.4. The van der Waals surface area contributed by atoms with Crippen molar-refractivity contribution in [3.63, 3.8) is 0 Å². The maximum atomic E-state index is 12.4. The normalized spacial score (nSPS) is 10.6. The Morgan fingerprint density at radius 2 is 1.47 bits per heavy atom. The first-order valence-corrected chi connectivity index (χ1v) is 10.9. The summed E-state index contributed by atoms with van der Waals surface area (Å²) in [5, 5.41) is 7.32. The van der Waals surface area contributed by atoms with Gasteiger partial charge in [-0.3, -0.25) is 0 Å². The van der Waals surface area contributed by atoms with E-state index < -0.39 is 12.0 Å². The topological polar surface area (TPSA) is 89.6 Å². The molecule has 2 N–H and O–H groups in total. The van der Waals surface area contributed by atoms with E-state index in [1.807, 2.05) is 12.1 Å². The van der Waals surface area contributed by atoms with Crippen molar-refractivity contribution in [2.24, 2.45) is 0 Å². The molecule has 4 rings (SSSR count). The van der Waals surface area contributed by atoms with Crippen molar-refractivity contribution >= 4 is 57.5 Å². The third-order valence-electron chi connectivity index (χ3n) is 4.84. The number of carbonyl (C=O) groups is 2. The van der Waals surface area contributed by atoms with Crippen molar-refractivity contribution < 1.29 is 19.1 Å². The summed E-state index contributed by atoms with van der Waals surface area (Å²) in [6, 6.07) is 20.5. The molecule has 7 nitrogen and oxygen atoms in total. The van der Waals surface area contributed by atoms with Gasteiger partial charge in [0, 0.05) is 38.4 Å². The summed E-state index contributed by atoms with van der Waals surface area (Å²) in [7, 11) is 1.29. The SMILES string of the molecule is COC(=O)COc1cc(-c2ccc(Cl)cc2)nc2ccc(NC(=O)Nc3ccc(Cl)cc3)cc12. The number of amides is 2. The van der Waals surface area contributed by atoms with Gasteiger partial charge in [0.05, 0.1) is 18.3 Å². The lowest BCUT2D eigenvalue weighted by atomic mass is 10.1. The minimum atomic E-state index is -0.519. The largest absolute Gasteiger partial charge is 0.481 e. The second-order valence-corrected chi connectivity index (χ2v) is 8.07. The molecular weight excluding hydrogens is 477 g/mol. The molecule has 34 heavy (non-hydrogen) atoms. The highest BCUT2D eigenvalue weighted by molar-refractivity contribution is 6.31. The van der Waals surface area contributed by atoms with Gasteiger partial charge in [-0.1, -0.05) is 35.3 Å². The van der Waals surface area contributed by atoms with Crippen molar-refractivity contribution in [2.45, 2.75) is 0 Å². The summed E-state index contributed by atoms with van der Waals surface area (Å²) < 4.78 is 10.4. The average Bonchev–Trinajstić information content (AvgIpc) is 2.84. The third-order valence-corrected chi connectivity index (χ3v) is 5.35. The number of halogens is 2. The Morgan fingerprint density at radius 3 is 2.15 bits per heavy atom. The quantitative estimate of drug-likeness (QED) is 0.302. The molecule has 3 aromatic carbocycles. The molecule has 2 amide bonds. The van der Waals surface area contributed by atoms with Crippen molar-refractivity contribution in [1.29, 1.82) is 0 Å². The molecule has 0 spiro atoms. The zero-order valence-corrected chi connectivity index (χ0v) is 19.5. The molecule has 0 aliphatic heterocycles. The smallest absolute Gasteiger partial charge is 0.343 e. The number of hydrogen-bond acceptors (Lipinski definition) is 5. The van der Waals surface area contributed by atoms with Gasteiger partial charge in [-0.15, -0.1) is 0 Å². The molecule has 0 bridgehead atoms. The summed E-state index contributed by atoms with van der Waals surface area (Å²) in [5.74, 6) is -0.100. The van der Waals surface area contributed by atoms with Gasteiger partial charge in [-0.05, 0) is 54.6 Å². The van der Waals surface area contributed by atoms with Gasteiger partial charge in [0.15, 0.2) is 6.61 Å². The van der Waals surface area contributed by atoms with Crippen molar-refractivity contribution in [1.82, 2.24) is 4.98 Å². The Balaban J connectivity index is 1.64. The van der Waals surface area contributed by atoms with Crippen LogP contribution in [0.2, 0.25) is 10.0 Å². The maximum absolute atomic E-state index is 12.4. The Hall–Kier alpha value is -3.81. The van der Waals surface area contributed by atoms with Crippen molar-refractivity contribution in [2.75, 3.05) is 24.4 Å². The number of pyridine rings is 1. The Bertz CT molecular complexity index is 1340. The summed E-state index contributed by atoms with van der Waals surface area (Å²) >= 11 is 11.9. The molecule has 0 saturated carbocycles. The van der Waals surface area contributed by atoms with Crippen molar-refractivity contribution in [3.8, 4) is 17.0 Å². The number of benzene rings is 3. The second kappa shape index (κ2) is 10.4. The van der Waals surface area contributed by atoms with Gasteiger partial charge < -0.3 is 20.1 Å². The number of fused-ring (bicyclic) bond motifs is 1. The van der Waals surface area contributed by atoms with Crippen LogP contribution >= 0.6 is 23.2 Å². The van der Waals surface area contributed by atoms with Gasteiger partial charge in [0.1, 0.15) is 5.75 Å². The average molecular weight is 496 g/mol. The van der Waals surface area contributed by atoms with E-state index >= 15 is 0 Å². The number of esters is 1. The van der Waals surface area contributed by atoms with E-state index in [1.165, 1.54) is 7.11 Å². The number of methoxy groups -OCH3 is 1. The minimum Gasteiger partial charge on any atom is -0.481 e. The van der Waals surface area contributed by atoms with Crippen LogP contribution in [0.15, 0.2) is 72.8 Å². The fourth-order valence-electron chi connectivity index (χ4n) is 3.18. The monoisotopic (exact) mass is 495 g/mol. The van der Waals surface area contributed by atoms with Crippen LogP contribution in [-0.4, -0.2) is 30.7 Å². The lowest BCUT2D eigenvalue weighted by molar-refractivity contribution is -0.142. The van der Waals surface area contributed by atoms with Crippen LogP contribution in [0, 0.1) is 0 Å². The van der Waals surface area contributed by atoms with Crippen LogP contribution in [0.4, 0.5) is 16.2 Å². The molecule has 1 aromatic heterocycles. The van der Waals surface area contributed by atoms with Gasteiger partial charge >= 0.3 is 12.0 Å². The number of rotatable bonds is 6. The van der Waals surface area contributed by atoms with E-state index in [-0.39, 0.29) is 6.61 Å². The highest BCUT2D eigenvalue weighted by Gasteiger charge is 2.13. The lowest BCUT2D eigenvalue weighted by Gasteiger charge is -2.13. The highest BCUT2D eigenvalue weighted by Crippen LogP contribution is 2.32. The summed E-state index contributed by atoms with van der Waals surface area (Å²) in [6.07, 6.45) is 0. The number of hydrogen-bond donors (Lipinski definition) is 2. The van der Waals surface area contributed by atoms with Crippen LogP contribution in [-0.2, 0) is 9.53 Å². The van der Waals surface area contributed by atoms with Gasteiger partial charge in [-0.25, -0.2) is 14.6 Å². The first-order valence-electron chi connectivity index (χ1n) is 10.2. The van der Waals surface area contributed by atoms with Gasteiger partial charge in [0.2, 0.25) is 0 Å². The maximum Gasteiger partial charge on any atom is 0.343 e. The number of nitrogens with zero attached hydrogens (tertiary/aromatic N) is 1. The second-order valence-electron chi connectivity index (χ2n) is 7.20. The van der Waals surface area contributed by atoms with E-state index in [2.05, 4.69) is 15.4 Å². The summed E-state index contributed by atoms with van der Waals surface area (Å²) in [4.78, 5) is 28.8. The van der Waals surface area contributed by atoms with Crippen LogP contribution in [0.1, 0.15) is 0 Å². The molecule has 0 aliphatic rings. The molecule has 0 aliphatic carbocycles. The molecular formula is C25H19Cl2N3O4. The van der Waals surface area contributed by atoms with Crippen LogP contribution in [0.3, 0.4) is 0 Å². The molecule has 0 radical (unpaired) electrons. The molecule has 0 atom stereocenters. The number of ether oxygens (including phenoxy) is 2. The zero-order valence-electron chi connectivity index (χ0n) is 18.0. The summed E-state index contributed by atoms with van der Waals surface area (Å²) in [6.45, 7) is -0.273. The number of aromatic nitrogens is 1. The predicted octanol–water partition coefficient (Wildman–Crippen LogP) is 6.40. The molecule has 4 aromatic rings. The fourth-order valence-corrected chi connectivity index (χ4v) is 3.43. The van der Waals surface area contributed by atoms with Gasteiger partial charge in [-0.2, -0.15) is 0 Å². The molecule has 1 heterocycles. The molecule has 9 heteroatoms. The number of nitrogens with one attached hydrogen (secondary N) is 2. The van der Waals surface area contributed by atoms with Crippen LogP contribution in [0.5, 0.6) is 5.75 Å². The van der Waals surface area contributed by atoms with E-state index in [9.17, 15) is 9.59 Å². The third kappa shape index (κ3) is 5.75. The van der Waals surface area contributed by atoms with E-state index in [1.54, 1.807) is 60.7 Å². The molecule has 0 saturated heterocycles. The zero-order chi connectivity index (χ0) is 24.1. The van der Waals surface area contributed by atoms with Crippen LogP contribution in [0.25, 0.3) is 22.2 Å². The first-order chi connectivity index (χ1) is 16.4. The standard InChI is InChI=1S/C25H19Cl2N3O4/c1-33-24(31)14-34-23-13-22(15-2-4-16(26)5-3-15)30-21-11-10-19(12-20(21)23)29-25(32)28-18-8-6-17(27)7-9-18/h2-13H,14H2,1H3,(H2,28,29,32).